The first kappa shape index (κ1) is 22.7. The summed E-state index contributed by atoms with van der Waals surface area (Å²) in [6, 6.07) is 8.04. The Kier molecular flexibility index (Phi) is 6.02. The van der Waals surface area contributed by atoms with Crippen LogP contribution >= 0.6 is 0 Å². The average Bonchev–Trinajstić information content (AvgIpc) is 3.47. The molecule has 2 aromatic heterocycles. The molecule has 0 bridgehead atoms. The van der Waals surface area contributed by atoms with Crippen LogP contribution in [0.15, 0.2) is 54.0 Å². The Labute approximate surface area is 203 Å². The van der Waals surface area contributed by atoms with Crippen molar-refractivity contribution < 1.29 is 9.59 Å². The minimum absolute atomic E-state index is 0.173. The smallest absolute Gasteiger partial charge is 0.281 e. The number of nitrogen functional groups attached to an aromatic ring is 1. The molecule has 35 heavy (non-hydrogen) atoms. The number of likely N-dealkylation sites (tertiary alicyclic amines) is 1. The van der Waals surface area contributed by atoms with Gasteiger partial charge >= 0.3 is 0 Å². The highest BCUT2D eigenvalue weighted by Gasteiger charge is 2.43. The Balaban J connectivity index is 1.29. The number of aliphatic imine (C=N–C) groups is 1. The molecule has 1 saturated heterocycles. The molecule has 3 heterocycles. The Bertz CT molecular complexity index is 1260. The van der Waals surface area contributed by atoms with Crippen LogP contribution in [0, 0.1) is 0 Å². The Morgan fingerprint density at radius 1 is 1.03 bits per heavy atom. The van der Waals surface area contributed by atoms with Crippen molar-refractivity contribution in [1.29, 1.82) is 0 Å². The summed E-state index contributed by atoms with van der Waals surface area (Å²) in [5.41, 5.74) is 14.8. The largest absolute Gasteiger partial charge is 0.386 e. The molecular formula is C25H28N8O2. The number of hydrogen-bond donors (Lipinski definition) is 2. The van der Waals surface area contributed by atoms with Crippen molar-refractivity contribution in [1.82, 2.24) is 24.6 Å². The molecule has 2 fully saturated rings. The van der Waals surface area contributed by atoms with Crippen LogP contribution < -0.4 is 11.5 Å². The first-order valence-corrected chi connectivity index (χ1v) is 11.8. The van der Waals surface area contributed by atoms with Gasteiger partial charge in [0.15, 0.2) is 0 Å². The molecule has 0 radical (unpaired) electrons. The predicted molar refractivity (Wildman–Crippen MR) is 131 cm³/mol. The highest BCUT2D eigenvalue weighted by molar-refractivity contribution is 6.06. The fourth-order valence-corrected chi connectivity index (χ4v) is 4.73. The average molecular weight is 473 g/mol. The van der Waals surface area contributed by atoms with Crippen LogP contribution in [0.1, 0.15) is 48.0 Å². The van der Waals surface area contributed by atoms with Gasteiger partial charge in [-0.25, -0.2) is 9.97 Å². The van der Waals surface area contributed by atoms with E-state index in [1.54, 1.807) is 23.3 Å². The second-order valence-electron chi connectivity index (χ2n) is 9.12. The molecule has 0 atom stereocenters. The molecule has 0 spiro atoms. The van der Waals surface area contributed by atoms with Crippen LogP contribution in [0.5, 0.6) is 0 Å². The van der Waals surface area contributed by atoms with Gasteiger partial charge in [-0.05, 0) is 30.4 Å². The second-order valence-corrected chi connectivity index (χ2v) is 9.12. The van der Waals surface area contributed by atoms with Crippen LogP contribution in [0.4, 0.5) is 5.95 Å². The highest BCUT2D eigenvalue weighted by atomic mass is 16.2. The zero-order valence-electron chi connectivity index (χ0n) is 19.4. The zero-order chi connectivity index (χ0) is 24.4. The summed E-state index contributed by atoms with van der Waals surface area (Å²) >= 11 is 0. The Morgan fingerprint density at radius 2 is 1.77 bits per heavy atom. The van der Waals surface area contributed by atoms with Gasteiger partial charge in [-0.1, -0.05) is 30.7 Å². The number of carbonyl (C=O) groups excluding carboxylic acids is 2. The number of benzene rings is 1. The molecule has 1 aliphatic heterocycles. The molecule has 1 saturated carbocycles. The molecule has 5 rings (SSSR count). The molecule has 3 aromatic rings. The maximum atomic E-state index is 12.9. The summed E-state index contributed by atoms with van der Waals surface area (Å²) in [6.07, 6.45) is 10.7. The number of amides is 2. The van der Waals surface area contributed by atoms with Crippen molar-refractivity contribution >= 4 is 23.6 Å². The van der Waals surface area contributed by atoms with Crippen molar-refractivity contribution in [3.63, 3.8) is 0 Å². The Hall–Kier alpha value is -4.08. The predicted octanol–water partition coefficient (Wildman–Crippen LogP) is 2.16. The third-order valence-corrected chi connectivity index (χ3v) is 7.01. The molecule has 180 valence electrons. The molecule has 2 aliphatic rings. The van der Waals surface area contributed by atoms with Gasteiger partial charge in [0.05, 0.1) is 23.7 Å². The summed E-state index contributed by atoms with van der Waals surface area (Å²) in [6.45, 7) is 1.90. The van der Waals surface area contributed by atoms with Gasteiger partial charge < -0.3 is 16.4 Å². The zero-order valence-corrected chi connectivity index (χ0v) is 19.4. The number of nitrogens with two attached hydrogens (primary N) is 2. The van der Waals surface area contributed by atoms with Crippen LogP contribution in [0.25, 0.3) is 11.1 Å². The van der Waals surface area contributed by atoms with Gasteiger partial charge in [0, 0.05) is 43.7 Å². The van der Waals surface area contributed by atoms with E-state index in [0.717, 1.165) is 48.9 Å². The molecule has 1 aromatic carbocycles. The summed E-state index contributed by atoms with van der Waals surface area (Å²) in [7, 11) is 0. The number of amidine groups is 1. The third kappa shape index (κ3) is 4.51. The molecule has 4 N–H and O–H groups in total. The standard InChI is InChI=1S/C25H28N8O2/c26-23(31-22(35)19-15-30-33(16-19)12-11-32-10-1-3-21(32)34)25(8-2-9-25)20-6-4-17(5-7-20)18-13-28-24(27)29-14-18/h4-7,13-16H,1-3,8-12H2,(H2,26,31,35)(H2,27,28,29). The maximum absolute atomic E-state index is 12.9. The molecule has 2 amide bonds. The lowest BCUT2D eigenvalue weighted by Crippen LogP contribution is -2.47. The lowest BCUT2D eigenvalue weighted by Gasteiger charge is -2.41. The number of carbonyl (C=O) groups is 2. The molecule has 10 heteroatoms. The van der Waals surface area contributed by atoms with Crippen LogP contribution in [-0.4, -0.2) is 55.4 Å². The van der Waals surface area contributed by atoms with Crippen LogP contribution in [0.2, 0.25) is 0 Å². The van der Waals surface area contributed by atoms with Gasteiger partial charge in [0.25, 0.3) is 5.91 Å². The lowest BCUT2D eigenvalue weighted by molar-refractivity contribution is -0.127. The number of nitrogens with zero attached hydrogens (tertiary/aromatic N) is 6. The van der Waals surface area contributed by atoms with E-state index in [2.05, 4.69) is 20.1 Å². The number of aromatic nitrogens is 4. The van der Waals surface area contributed by atoms with Crippen molar-refractivity contribution in [3.8, 4) is 11.1 Å². The molecular weight excluding hydrogens is 444 g/mol. The summed E-state index contributed by atoms with van der Waals surface area (Å²) < 4.78 is 1.67. The minimum Gasteiger partial charge on any atom is -0.386 e. The van der Waals surface area contributed by atoms with E-state index in [1.807, 2.05) is 29.2 Å². The summed E-state index contributed by atoms with van der Waals surface area (Å²) in [4.78, 5) is 38.8. The number of rotatable bonds is 7. The van der Waals surface area contributed by atoms with Gasteiger partial charge in [-0.3, -0.25) is 14.3 Å². The van der Waals surface area contributed by atoms with Crippen molar-refractivity contribution in [2.45, 2.75) is 44.1 Å². The molecule has 1 aliphatic carbocycles. The van der Waals surface area contributed by atoms with Crippen LogP contribution in [-0.2, 0) is 16.8 Å². The van der Waals surface area contributed by atoms with E-state index in [-0.39, 0.29) is 11.9 Å². The summed E-state index contributed by atoms with van der Waals surface area (Å²) in [5, 5.41) is 4.26. The second kappa shape index (κ2) is 9.28. The molecule has 10 nitrogen and oxygen atoms in total. The van der Waals surface area contributed by atoms with Crippen LogP contribution in [0.3, 0.4) is 0 Å². The van der Waals surface area contributed by atoms with Gasteiger partial charge in [0.2, 0.25) is 11.9 Å². The van der Waals surface area contributed by atoms with E-state index in [0.29, 0.717) is 30.9 Å². The lowest BCUT2D eigenvalue weighted by atomic mass is 9.63. The van der Waals surface area contributed by atoms with E-state index >= 15 is 0 Å². The quantitative estimate of drug-likeness (QED) is 0.396. The van der Waals surface area contributed by atoms with Gasteiger partial charge in [-0.2, -0.15) is 10.1 Å². The number of hydrogen-bond acceptors (Lipinski definition) is 6. The monoisotopic (exact) mass is 472 g/mol. The van der Waals surface area contributed by atoms with Gasteiger partial charge in [-0.15, -0.1) is 0 Å². The summed E-state index contributed by atoms with van der Waals surface area (Å²) in [5.74, 6) is 0.326. The normalized spacial score (nSPS) is 17.4. The van der Waals surface area contributed by atoms with Crippen molar-refractivity contribution in [2.75, 3.05) is 18.8 Å². The fourth-order valence-electron chi connectivity index (χ4n) is 4.73. The number of anilines is 1. The Morgan fingerprint density at radius 3 is 2.40 bits per heavy atom. The molecule has 0 unspecified atom stereocenters. The maximum Gasteiger partial charge on any atom is 0.281 e. The minimum atomic E-state index is -0.447. The third-order valence-electron chi connectivity index (χ3n) is 7.01. The first-order chi connectivity index (χ1) is 16.9. The van der Waals surface area contributed by atoms with E-state index in [9.17, 15) is 9.59 Å². The van der Waals surface area contributed by atoms with E-state index in [4.69, 9.17) is 11.5 Å². The first-order valence-electron chi connectivity index (χ1n) is 11.8. The SMILES string of the molecule is NC(=NC(=O)c1cnn(CCN2CCCC2=O)c1)C1(c2ccc(-c3cnc(N)nc3)cc2)CCC1. The van der Waals surface area contributed by atoms with E-state index < -0.39 is 11.3 Å². The van der Waals surface area contributed by atoms with Gasteiger partial charge in [0.1, 0.15) is 5.84 Å². The van der Waals surface area contributed by atoms with E-state index in [1.165, 1.54) is 6.20 Å². The topological polar surface area (TPSA) is 145 Å². The highest BCUT2D eigenvalue weighted by Crippen LogP contribution is 2.44. The van der Waals surface area contributed by atoms with Crippen molar-refractivity contribution in [2.24, 2.45) is 10.7 Å². The van der Waals surface area contributed by atoms with Crippen molar-refractivity contribution in [3.05, 3.63) is 60.2 Å². The fraction of sp³-hybridized carbons (Fsp3) is 0.360.